The monoisotopic (exact) mass is 333 g/mol. The average molecular weight is 334 g/mol. The number of aliphatic carboxylic acids is 1. The first kappa shape index (κ1) is 20.7. The summed E-state index contributed by atoms with van der Waals surface area (Å²) < 4.78 is 0. The summed E-state index contributed by atoms with van der Waals surface area (Å²) in [5.41, 5.74) is 9.39. The molecule has 1 fully saturated rings. The summed E-state index contributed by atoms with van der Waals surface area (Å²) in [6.07, 6.45) is 5.33. The van der Waals surface area contributed by atoms with Gasteiger partial charge in [-0.05, 0) is 53.7 Å². The van der Waals surface area contributed by atoms with E-state index >= 15 is 0 Å². The number of carboxylic acids is 1. The molecule has 1 aliphatic rings. The fraction of sp³-hybridized carbons (Fsp3) is 0.667. The summed E-state index contributed by atoms with van der Waals surface area (Å²) in [5, 5.41) is 7.42. The largest absolute Gasteiger partial charge is 0.481 e. The molecule has 136 valence electrons. The lowest BCUT2D eigenvalue weighted by atomic mass is 9.67. The Morgan fingerprint density at radius 3 is 2.33 bits per heavy atom. The van der Waals surface area contributed by atoms with Crippen molar-refractivity contribution in [2.75, 3.05) is 6.54 Å². The Morgan fingerprint density at radius 2 is 1.79 bits per heavy atom. The third-order valence-corrected chi connectivity index (χ3v) is 5.71. The molecule has 0 spiro atoms. The van der Waals surface area contributed by atoms with Crippen LogP contribution in [0.1, 0.15) is 77.3 Å². The molecule has 24 heavy (non-hydrogen) atoms. The van der Waals surface area contributed by atoms with Crippen LogP contribution < -0.4 is 5.73 Å². The second kappa shape index (κ2) is 9.22. The minimum Gasteiger partial charge on any atom is -0.481 e. The van der Waals surface area contributed by atoms with Gasteiger partial charge in [-0.1, -0.05) is 64.8 Å². The average Bonchev–Trinajstić information content (AvgIpc) is 2.54. The Kier molecular flexibility index (Phi) is 7.95. The minimum atomic E-state index is -0.833. The number of carbonyl (C=O) groups is 1. The fourth-order valence-corrected chi connectivity index (χ4v) is 3.62. The number of hydrogen-bond donors (Lipinski definition) is 2. The van der Waals surface area contributed by atoms with Crippen molar-refractivity contribution in [3.05, 3.63) is 35.4 Å². The number of benzene rings is 1. The van der Waals surface area contributed by atoms with E-state index in [4.69, 9.17) is 15.6 Å². The van der Waals surface area contributed by atoms with Crippen LogP contribution in [0, 0.1) is 11.8 Å². The highest BCUT2D eigenvalue weighted by Gasteiger charge is 2.32. The van der Waals surface area contributed by atoms with Gasteiger partial charge in [0.05, 0.1) is 0 Å². The third-order valence-electron chi connectivity index (χ3n) is 5.71. The lowest BCUT2D eigenvalue weighted by molar-refractivity contribution is -0.134. The number of rotatable bonds is 4. The molecule has 0 heterocycles. The SMILES string of the molecule is CC(=O)O.CC(C)C(C)(C)c1ccccc1C1CCCCC1CN. The maximum absolute atomic E-state index is 9.00. The van der Waals surface area contributed by atoms with Gasteiger partial charge in [0.1, 0.15) is 0 Å². The molecule has 0 radical (unpaired) electrons. The topological polar surface area (TPSA) is 63.3 Å². The molecule has 1 saturated carbocycles. The highest BCUT2D eigenvalue weighted by Crippen LogP contribution is 2.43. The van der Waals surface area contributed by atoms with Gasteiger partial charge in [0.15, 0.2) is 0 Å². The Hall–Kier alpha value is -1.35. The van der Waals surface area contributed by atoms with Crippen LogP contribution in [0.15, 0.2) is 24.3 Å². The van der Waals surface area contributed by atoms with Gasteiger partial charge in [0, 0.05) is 6.92 Å². The zero-order valence-corrected chi connectivity index (χ0v) is 16.0. The van der Waals surface area contributed by atoms with E-state index < -0.39 is 5.97 Å². The molecule has 0 saturated heterocycles. The normalized spacial score (nSPS) is 21.1. The standard InChI is InChI=1S/C19H31N.C2H4O2/c1-14(2)19(3,4)18-12-8-7-11-17(18)16-10-6-5-9-15(16)13-20;1-2(3)4/h7-8,11-12,14-16H,5-6,9-10,13,20H2,1-4H3;1H3,(H,3,4). The van der Waals surface area contributed by atoms with Gasteiger partial charge >= 0.3 is 0 Å². The molecule has 0 bridgehead atoms. The molecule has 1 aliphatic carbocycles. The maximum atomic E-state index is 9.00. The second-order valence-corrected chi connectivity index (χ2v) is 7.87. The van der Waals surface area contributed by atoms with Gasteiger partial charge in [-0.2, -0.15) is 0 Å². The van der Waals surface area contributed by atoms with E-state index in [0.717, 1.165) is 13.5 Å². The Bertz CT molecular complexity index is 518. The van der Waals surface area contributed by atoms with E-state index in [0.29, 0.717) is 17.8 Å². The second-order valence-electron chi connectivity index (χ2n) is 7.87. The maximum Gasteiger partial charge on any atom is 0.300 e. The van der Waals surface area contributed by atoms with Crippen LogP contribution in [0.2, 0.25) is 0 Å². The Morgan fingerprint density at radius 1 is 1.25 bits per heavy atom. The van der Waals surface area contributed by atoms with Crippen LogP contribution >= 0.6 is 0 Å². The first-order chi connectivity index (χ1) is 11.2. The lowest BCUT2D eigenvalue weighted by Crippen LogP contribution is -2.30. The minimum absolute atomic E-state index is 0.229. The first-order valence-corrected chi connectivity index (χ1v) is 9.20. The first-order valence-electron chi connectivity index (χ1n) is 9.20. The van der Waals surface area contributed by atoms with Crippen LogP contribution in [0.4, 0.5) is 0 Å². The van der Waals surface area contributed by atoms with Gasteiger partial charge in [-0.25, -0.2) is 0 Å². The van der Waals surface area contributed by atoms with E-state index in [1.165, 1.54) is 25.7 Å². The Balaban J connectivity index is 0.000000648. The smallest absolute Gasteiger partial charge is 0.300 e. The number of hydrogen-bond acceptors (Lipinski definition) is 2. The highest BCUT2D eigenvalue weighted by molar-refractivity contribution is 5.62. The Labute approximate surface area is 147 Å². The van der Waals surface area contributed by atoms with Crippen LogP contribution in [0.3, 0.4) is 0 Å². The predicted octanol–water partition coefficient (Wildman–Crippen LogP) is 4.94. The van der Waals surface area contributed by atoms with E-state index in [1.54, 1.807) is 11.1 Å². The van der Waals surface area contributed by atoms with Crippen molar-refractivity contribution in [1.29, 1.82) is 0 Å². The summed E-state index contributed by atoms with van der Waals surface area (Å²) in [6.45, 7) is 11.4. The lowest BCUT2D eigenvalue weighted by Gasteiger charge is -2.38. The van der Waals surface area contributed by atoms with Crippen LogP contribution in [0.5, 0.6) is 0 Å². The molecule has 3 N–H and O–H groups in total. The summed E-state index contributed by atoms with van der Waals surface area (Å²) >= 11 is 0. The van der Waals surface area contributed by atoms with E-state index in [-0.39, 0.29) is 5.41 Å². The molecule has 0 aliphatic heterocycles. The van der Waals surface area contributed by atoms with Crippen molar-refractivity contribution in [1.82, 2.24) is 0 Å². The quantitative estimate of drug-likeness (QED) is 0.820. The van der Waals surface area contributed by atoms with Crippen molar-refractivity contribution in [3.8, 4) is 0 Å². The molecule has 3 heteroatoms. The molecule has 1 aromatic carbocycles. The van der Waals surface area contributed by atoms with Crippen molar-refractivity contribution < 1.29 is 9.90 Å². The molecule has 2 unspecified atom stereocenters. The molecular weight excluding hydrogens is 298 g/mol. The van der Waals surface area contributed by atoms with Gasteiger partial charge < -0.3 is 10.8 Å². The predicted molar refractivity (Wildman–Crippen MR) is 101 cm³/mol. The molecule has 1 aromatic rings. The van der Waals surface area contributed by atoms with Crippen LogP contribution in [0.25, 0.3) is 0 Å². The molecule has 0 aromatic heterocycles. The molecule has 2 atom stereocenters. The number of nitrogens with two attached hydrogens (primary N) is 1. The molecular formula is C21H35NO2. The van der Waals surface area contributed by atoms with Gasteiger partial charge in [-0.3, -0.25) is 4.79 Å². The van der Waals surface area contributed by atoms with Crippen molar-refractivity contribution in [2.45, 2.75) is 71.6 Å². The zero-order chi connectivity index (χ0) is 18.3. The fourth-order valence-electron chi connectivity index (χ4n) is 3.62. The third kappa shape index (κ3) is 5.34. The highest BCUT2D eigenvalue weighted by atomic mass is 16.4. The van der Waals surface area contributed by atoms with Gasteiger partial charge in [-0.15, -0.1) is 0 Å². The van der Waals surface area contributed by atoms with E-state index in [1.807, 2.05) is 0 Å². The number of carboxylic acid groups (broad SMARTS) is 1. The van der Waals surface area contributed by atoms with Crippen molar-refractivity contribution >= 4 is 5.97 Å². The molecule has 3 nitrogen and oxygen atoms in total. The van der Waals surface area contributed by atoms with Crippen LogP contribution in [-0.2, 0) is 10.2 Å². The van der Waals surface area contributed by atoms with E-state index in [9.17, 15) is 0 Å². The zero-order valence-electron chi connectivity index (χ0n) is 16.0. The summed E-state index contributed by atoms with van der Waals surface area (Å²) in [4.78, 5) is 9.00. The van der Waals surface area contributed by atoms with Crippen molar-refractivity contribution in [2.24, 2.45) is 17.6 Å². The summed E-state index contributed by atoms with van der Waals surface area (Å²) in [6, 6.07) is 9.11. The summed E-state index contributed by atoms with van der Waals surface area (Å²) in [5.74, 6) is 1.15. The summed E-state index contributed by atoms with van der Waals surface area (Å²) in [7, 11) is 0. The van der Waals surface area contributed by atoms with Gasteiger partial charge in [0.2, 0.25) is 0 Å². The molecule has 2 rings (SSSR count). The van der Waals surface area contributed by atoms with E-state index in [2.05, 4.69) is 52.0 Å². The van der Waals surface area contributed by atoms with Crippen LogP contribution in [-0.4, -0.2) is 17.6 Å². The molecule has 0 amide bonds. The van der Waals surface area contributed by atoms with Gasteiger partial charge in [0.25, 0.3) is 5.97 Å². The van der Waals surface area contributed by atoms with Crippen molar-refractivity contribution in [3.63, 3.8) is 0 Å².